The summed E-state index contributed by atoms with van der Waals surface area (Å²) in [5.74, 6) is -1.12. The summed E-state index contributed by atoms with van der Waals surface area (Å²) >= 11 is 0. The molecule has 136 valence electrons. The van der Waals surface area contributed by atoms with E-state index in [2.05, 4.69) is 10.6 Å². The van der Waals surface area contributed by atoms with E-state index in [0.717, 1.165) is 5.56 Å². The fourth-order valence-electron chi connectivity index (χ4n) is 2.98. The summed E-state index contributed by atoms with van der Waals surface area (Å²) in [7, 11) is 0. The Bertz CT molecular complexity index is 796. The van der Waals surface area contributed by atoms with Crippen molar-refractivity contribution in [1.29, 1.82) is 0 Å². The number of hydrogen-bond acceptors (Lipinski definition) is 2. The van der Waals surface area contributed by atoms with Crippen molar-refractivity contribution in [3.8, 4) is 0 Å². The first-order valence-corrected chi connectivity index (χ1v) is 8.35. The van der Waals surface area contributed by atoms with Gasteiger partial charge in [0, 0.05) is 25.2 Å². The van der Waals surface area contributed by atoms with Crippen molar-refractivity contribution in [2.45, 2.75) is 12.5 Å². The molecule has 2 aromatic rings. The molecule has 1 saturated heterocycles. The molecule has 26 heavy (non-hydrogen) atoms. The zero-order valence-corrected chi connectivity index (χ0v) is 14.0. The second kappa shape index (κ2) is 7.95. The molecule has 5 nitrogen and oxygen atoms in total. The van der Waals surface area contributed by atoms with Crippen molar-refractivity contribution in [3.63, 3.8) is 0 Å². The van der Waals surface area contributed by atoms with Crippen molar-refractivity contribution in [1.82, 2.24) is 15.5 Å². The number of halogens is 2. The summed E-state index contributed by atoms with van der Waals surface area (Å²) in [6.45, 7) is 1.26. The van der Waals surface area contributed by atoms with Crippen LogP contribution in [0.4, 0.5) is 13.6 Å². The summed E-state index contributed by atoms with van der Waals surface area (Å²) < 4.78 is 26.4. The van der Waals surface area contributed by atoms with E-state index in [4.69, 9.17) is 0 Å². The van der Waals surface area contributed by atoms with Crippen LogP contribution in [0.15, 0.2) is 48.5 Å². The topological polar surface area (TPSA) is 61.4 Å². The number of rotatable bonds is 6. The molecule has 3 amide bonds. The van der Waals surface area contributed by atoms with Crippen LogP contribution in [-0.4, -0.2) is 42.5 Å². The lowest BCUT2D eigenvalue weighted by atomic mass is 10.0. The van der Waals surface area contributed by atoms with Crippen LogP contribution >= 0.6 is 0 Å². The van der Waals surface area contributed by atoms with E-state index in [9.17, 15) is 18.4 Å². The van der Waals surface area contributed by atoms with Gasteiger partial charge in [-0.1, -0.05) is 12.1 Å². The zero-order valence-electron chi connectivity index (χ0n) is 14.0. The van der Waals surface area contributed by atoms with Gasteiger partial charge in [-0.15, -0.1) is 0 Å². The number of nitrogens with zero attached hydrogens (tertiary/aromatic N) is 1. The van der Waals surface area contributed by atoms with Crippen LogP contribution in [0.3, 0.4) is 0 Å². The van der Waals surface area contributed by atoms with Gasteiger partial charge in [0.1, 0.15) is 11.6 Å². The molecule has 0 saturated carbocycles. The summed E-state index contributed by atoms with van der Waals surface area (Å²) in [6, 6.07) is 10.9. The third kappa shape index (κ3) is 4.36. The fourth-order valence-corrected chi connectivity index (χ4v) is 2.98. The maximum atomic E-state index is 13.4. The maximum absolute atomic E-state index is 13.4. The Morgan fingerprint density at radius 2 is 1.92 bits per heavy atom. The Morgan fingerprint density at radius 1 is 1.15 bits per heavy atom. The first-order chi connectivity index (χ1) is 12.5. The van der Waals surface area contributed by atoms with Gasteiger partial charge >= 0.3 is 6.03 Å². The average Bonchev–Trinajstić information content (AvgIpc) is 3.05. The predicted octanol–water partition coefficient (Wildman–Crippen LogP) is 2.33. The van der Waals surface area contributed by atoms with Gasteiger partial charge in [-0.3, -0.25) is 4.79 Å². The number of benzene rings is 2. The molecule has 1 atom stereocenters. The molecule has 1 heterocycles. The van der Waals surface area contributed by atoms with Crippen LogP contribution in [0.2, 0.25) is 0 Å². The van der Waals surface area contributed by atoms with Crippen molar-refractivity contribution in [2.75, 3.05) is 19.6 Å². The van der Waals surface area contributed by atoms with Gasteiger partial charge in [-0.2, -0.15) is 0 Å². The van der Waals surface area contributed by atoms with E-state index in [0.29, 0.717) is 25.1 Å². The molecule has 1 fully saturated rings. The molecule has 1 aliphatic heterocycles. The van der Waals surface area contributed by atoms with Crippen LogP contribution in [0.25, 0.3) is 0 Å². The molecule has 0 spiro atoms. The highest BCUT2D eigenvalue weighted by Gasteiger charge is 2.28. The van der Waals surface area contributed by atoms with Crippen molar-refractivity contribution < 1.29 is 18.4 Å². The van der Waals surface area contributed by atoms with Crippen molar-refractivity contribution >= 4 is 11.9 Å². The molecule has 1 unspecified atom stereocenters. The monoisotopic (exact) mass is 359 g/mol. The lowest BCUT2D eigenvalue weighted by Crippen LogP contribution is -2.46. The summed E-state index contributed by atoms with van der Waals surface area (Å²) in [6.07, 6.45) is 0.412. The first-order valence-electron chi connectivity index (χ1n) is 8.35. The smallest absolute Gasteiger partial charge is 0.317 e. The van der Waals surface area contributed by atoms with Crippen LogP contribution in [0.5, 0.6) is 0 Å². The van der Waals surface area contributed by atoms with E-state index in [-0.39, 0.29) is 30.3 Å². The molecular weight excluding hydrogens is 340 g/mol. The van der Waals surface area contributed by atoms with Gasteiger partial charge in [-0.05, 0) is 48.4 Å². The van der Waals surface area contributed by atoms with Gasteiger partial charge in [0.2, 0.25) is 0 Å². The lowest BCUT2D eigenvalue weighted by Gasteiger charge is -2.27. The van der Waals surface area contributed by atoms with Gasteiger partial charge in [0.05, 0.1) is 6.04 Å². The molecule has 0 radical (unpaired) electrons. The molecule has 2 N–H and O–H groups in total. The summed E-state index contributed by atoms with van der Waals surface area (Å²) in [5, 5.41) is 5.51. The summed E-state index contributed by atoms with van der Waals surface area (Å²) in [4.78, 5) is 25.9. The Hall–Kier alpha value is -2.96. The zero-order chi connectivity index (χ0) is 18.5. The number of hydrogen-bond donors (Lipinski definition) is 2. The highest BCUT2D eigenvalue weighted by atomic mass is 19.1. The molecule has 0 aliphatic carbocycles. The quantitative estimate of drug-likeness (QED) is 0.832. The molecular formula is C19H19F2N3O2. The van der Waals surface area contributed by atoms with Gasteiger partial charge in [-0.25, -0.2) is 13.6 Å². The minimum atomic E-state index is -0.417. The number of amides is 3. The van der Waals surface area contributed by atoms with Crippen LogP contribution in [0, 0.1) is 11.6 Å². The van der Waals surface area contributed by atoms with Crippen LogP contribution < -0.4 is 10.6 Å². The van der Waals surface area contributed by atoms with E-state index in [1.54, 1.807) is 17.0 Å². The SMILES string of the molecule is O=C(NCC(Cc1cccc(F)c1)N1CCNC1=O)c1ccc(F)cc1. The predicted molar refractivity (Wildman–Crippen MR) is 92.7 cm³/mol. The number of urea groups is 1. The Morgan fingerprint density at radius 3 is 2.58 bits per heavy atom. The van der Waals surface area contributed by atoms with E-state index in [1.807, 2.05) is 0 Å². The first kappa shape index (κ1) is 17.8. The average molecular weight is 359 g/mol. The van der Waals surface area contributed by atoms with Crippen molar-refractivity contribution in [3.05, 3.63) is 71.3 Å². The molecule has 0 aromatic heterocycles. The standard InChI is InChI=1S/C19H19F2N3O2/c20-15-6-4-14(5-7-15)18(25)23-12-17(24-9-8-22-19(24)26)11-13-2-1-3-16(21)10-13/h1-7,10,17H,8-9,11-12H2,(H,22,26)(H,23,25). The minimum Gasteiger partial charge on any atom is -0.350 e. The molecule has 7 heteroatoms. The Labute approximate surface area is 150 Å². The van der Waals surface area contributed by atoms with E-state index < -0.39 is 5.82 Å². The van der Waals surface area contributed by atoms with Crippen molar-refractivity contribution in [2.24, 2.45) is 0 Å². The molecule has 2 aromatic carbocycles. The minimum absolute atomic E-state index is 0.206. The van der Waals surface area contributed by atoms with Crippen LogP contribution in [0.1, 0.15) is 15.9 Å². The van der Waals surface area contributed by atoms with E-state index >= 15 is 0 Å². The largest absolute Gasteiger partial charge is 0.350 e. The third-order valence-corrected chi connectivity index (χ3v) is 4.30. The third-order valence-electron chi connectivity index (χ3n) is 4.30. The maximum Gasteiger partial charge on any atom is 0.317 e. The molecule has 1 aliphatic rings. The number of nitrogens with one attached hydrogen (secondary N) is 2. The number of carbonyl (C=O) groups is 2. The summed E-state index contributed by atoms with van der Waals surface area (Å²) in [5.41, 5.74) is 1.08. The number of carbonyl (C=O) groups excluding carboxylic acids is 2. The van der Waals surface area contributed by atoms with E-state index in [1.165, 1.54) is 36.4 Å². The highest BCUT2D eigenvalue weighted by Crippen LogP contribution is 2.13. The van der Waals surface area contributed by atoms with Gasteiger partial charge in [0.15, 0.2) is 0 Å². The highest BCUT2D eigenvalue weighted by molar-refractivity contribution is 5.94. The molecule has 3 rings (SSSR count). The van der Waals surface area contributed by atoms with Gasteiger partial charge in [0.25, 0.3) is 5.91 Å². The lowest BCUT2D eigenvalue weighted by molar-refractivity contribution is 0.0940. The normalized spacial score (nSPS) is 14.8. The Balaban J connectivity index is 1.70. The second-order valence-electron chi connectivity index (χ2n) is 6.13. The van der Waals surface area contributed by atoms with Crippen LogP contribution in [-0.2, 0) is 6.42 Å². The second-order valence-corrected chi connectivity index (χ2v) is 6.13. The fraction of sp³-hybridized carbons (Fsp3) is 0.263. The Kier molecular flexibility index (Phi) is 5.46. The van der Waals surface area contributed by atoms with Gasteiger partial charge < -0.3 is 15.5 Å². The molecule has 0 bridgehead atoms.